The van der Waals surface area contributed by atoms with E-state index in [4.69, 9.17) is 5.26 Å². The summed E-state index contributed by atoms with van der Waals surface area (Å²) in [6, 6.07) is 8.24. The summed E-state index contributed by atoms with van der Waals surface area (Å²) in [5, 5.41) is 18.4. The van der Waals surface area contributed by atoms with Gasteiger partial charge < -0.3 is 10.1 Å². The van der Waals surface area contributed by atoms with Crippen LogP contribution >= 0.6 is 15.9 Å². The fourth-order valence-electron chi connectivity index (χ4n) is 1.98. The third-order valence-corrected chi connectivity index (χ3v) is 3.46. The zero-order valence-electron chi connectivity index (χ0n) is 10.4. The second-order valence-electron chi connectivity index (χ2n) is 4.15. The number of aromatic carboxylic acids is 1. The zero-order chi connectivity index (χ0) is 14.9. The van der Waals surface area contributed by atoms with Crippen molar-refractivity contribution in [3.05, 3.63) is 55.9 Å². The molecule has 0 spiro atoms. The van der Waals surface area contributed by atoms with E-state index >= 15 is 0 Å². The van der Waals surface area contributed by atoms with E-state index in [2.05, 4.69) is 20.9 Å². The van der Waals surface area contributed by atoms with Crippen molar-refractivity contribution in [3.8, 4) is 17.2 Å². The fourth-order valence-corrected chi connectivity index (χ4v) is 2.51. The first kappa shape index (κ1) is 14.0. The summed E-state index contributed by atoms with van der Waals surface area (Å²) in [6.07, 6.45) is 0. The number of nitrogens with one attached hydrogen (secondary N) is 1. The molecule has 0 bridgehead atoms. The lowest BCUT2D eigenvalue weighted by Crippen LogP contribution is -2.14. The number of carbonyl (C=O) groups is 1. The van der Waals surface area contributed by atoms with Crippen LogP contribution in [0.2, 0.25) is 0 Å². The summed E-state index contributed by atoms with van der Waals surface area (Å²) in [7, 11) is 0. The molecule has 0 saturated heterocycles. The Morgan fingerprint density at radius 1 is 1.40 bits per heavy atom. The van der Waals surface area contributed by atoms with Gasteiger partial charge in [-0.3, -0.25) is 4.79 Å². The first-order valence-corrected chi connectivity index (χ1v) is 6.41. The molecule has 2 rings (SSSR count). The molecule has 0 aliphatic carbocycles. The van der Waals surface area contributed by atoms with Gasteiger partial charge in [0.05, 0.1) is 5.56 Å². The van der Waals surface area contributed by atoms with Gasteiger partial charge in [-0.05, 0) is 40.5 Å². The van der Waals surface area contributed by atoms with Crippen LogP contribution in [0.15, 0.2) is 33.5 Å². The average Bonchev–Trinajstić information content (AvgIpc) is 2.37. The van der Waals surface area contributed by atoms with Crippen molar-refractivity contribution in [2.24, 2.45) is 0 Å². The molecule has 0 aliphatic heterocycles. The van der Waals surface area contributed by atoms with E-state index in [0.29, 0.717) is 21.3 Å². The van der Waals surface area contributed by atoms with Gasteiger partial charge in [0, 0.05) is 15.7 Å². The molecule has 1 aromatic heterocycles. The van der Waals surface area contributed by atoms with Gasteiger partial charge in [-0.15, -0.1) is 0 Å². The minimum absolute atomic E-state index is 0.0222. The van der Waals surface area contributed by atoms with E-state index in [1.165, 1.54) is 0 Å². The molecule has 2 aromatic rings. The van der Waals surface area contributed by atoms with Gasteiger partial charge >= 0.3 is 5.97 Å². The second kappa shape index (κ2) is 5.31. The summed E-state index contributed by atoms with van der Waals surface area (Å²) >= 11 is 3.18. The molecular weight excluding hydrogens is 324 g/mol. The molecule has 0 radical (unpaired) electrons. The number of H-pyrrole nitrogens is 1. The lowest BCUT2D eigenvalue weighted by atomic mass is 9.96. The maximum atomic E-state index is 11.8. The Labute approximate surface area is 122 Å². The van der Waals surface area contributed by atoms with Gasteiger partial charge in [-0.2, -0.15) is 5.26 Å². The van der Waals surface area contributed by atoms with Crippen LogP contribution < -0.4 is 5.56 Å². The first-order valence-electron chi connectivity index (χ1n) is 5.62. The Morgan fingerprint density at radius 3 is 2.70 bits per heavy atom. The van der Waals surface area contributed by atoms with E-state index in [0.717, 1.165) is 0 Å². The molecule has 0 amide bonds. The summed E-state index contributed by atoms with van der Waals surface area (Å²) in [6.45, 7) is 1.67. The highest BCUT2D eigenvalue weighted by molar-refractivity contribution is 9.10. The Hall–Kier alpha value is -2.39. The van der Waals surface area contributed by atoms with Crippen molar-refractivity contribution < 1.29 is 9.90 Å². The Bertz CT molecular complexity index is 803. The molecule has 6 heteroatoms. The minimum Gasteiger partial charge on any atom is -0.478 e. The van der Waals surface area contributed by atoms with E-state index in [9.17, 15) is 14.7 Å². The number of halogens is 1. The van der Waals surface area contributed by atoms with Crippen LogP contribution in [-0.4, -0.2) is 16.1 Å². The van der Waals surface area contributed by atoms with Gasteiger partial charge in [0.15, 0.2) is 0 Å². The monoisotopic (exact) mass is 332 g/mol. The highest BCUT2D eigenvalue weighted by Crippen LogP contribution is 2.30. The second-order valence-corrected chi connectivity index (χ2v) is 5.00. The van der Waals surface area contributed by atoms with Crippen molar-refractivity contribution in [3.63, 3.8) is 0 Å². The highest BCUT2D eigenvalue weighted by Gasteiger charge is 2.19. The number of carboxylic acids is 1. The summed E-state index contributed by atoms with van der Waals surface area (Å²) in [5.74, 6) is -1.13. The number of nitriles is 1. The van der Waals surface area contributed by atoms with E-state index in [1.807, 2.05) is 6.07 Å². The lowest BCUT2D eigenvalue weighted by molar-refractivity contribution is 0.0697. The smallest absolute Gasteiger partial charge is 0.337 e. The number of hydrogen-bond donors (Lipinski definition) is 2. The van der Waals surface area contributed by atoms with Crippen LogP contribution in [0.4, 0.5) is 0 Å². The molecule has 0 aliphatic rings. The fraction of sp³-hybridized carbons (Fsp3) is 0.0714. The quantitative estimate of drug-likeness (QED) is 0.883. The van der Waals surface area contributed by atoms with Crippen molar-refractivity contribution in [2.75, 3.05) is 0 Å². The molecule has 0 fully saturated rings. The van der Waals surface area contributed by atoms with Crippen LogP contribution in [0.25, 0.3) is 11.1 Å². The predicted octanol–water partition coefficient (Wildman–Crippen LogP) is 2.68. The maximum absolute atomic E-state index is 11.8. The molecular formula is C14H9BrN2O3. The standard InChI is InChI=1S/C14H9BrN2O3/c1-7-5-9(10(6-16)13(18)17-7)8-3-2-4-11(15)12(8)14(19)20/h2-5H,1H3,(H,17,18)(H,19,20). The third kappa shape index (κ3) is 2.36. The Morgan fingerprint density at radius 2 is 2.10 bits per heavy atom. The largest absolute Gasteiger partial charge is 0.478 e. The number of aryl methyl sites for hydroxylation is 1. The van der Waals surface area contributed by atoms with Gasteiger partial charge in [0.2, 0.25) is 0 Å². The number of aromatic amines is 1. The predicted molar refractivity (Wildman–Crippen MR) is 76.6 cm³/mol. The maximum Gasteiger partial charge on any atom is 0.337 e. The van der Waals surface area contributed by atoms with Crippen LogP contribution in [0.1, 0.15) is 21.6 Å². The topological polar surface area (TPSA) is 93.9 Å². The van der Waals surface area contributed by atoms with Crippen molar-refractivity contribution in [2.45, 2.75) is 6.92 Å². The molecule has 1 heterocycles. The third-order valence-electron chi connectivity index (χ3n) is 2.80. The van der Waals surface area contributed by atoms with Gasteiger partial charge in [0.1, 0.15) is 11.6 Å². The number of carboxylic acid groups (broad SMARTS) is 1. The van der Waals surface area contributed by atoms with Crippen LogP contribution in [0.5, 0.6) is 0 Å². The number of benzene rings is 1. The van der Waals surface area contributed by atoms with E-state index in [1.54, 1.807) is 31.2 Å². The number of pyridine rings is 1. The first-order chi connectivity index (χ1) is 9.45. The molecule has 2 N–H and O–H groups in total. The Kier molecular flexibility index (Phi) is 3.72. The van der Waals surface area contributed by atoms with Crippen LogP contribution in [-0.2, 0) is 0 Å². The van der Waals surface area contributed by atoms with Gasteiger partial charge in [-0.1, -0.05) is 12.1 Å². The molecule has 0 atom stereocenters. The highest BCUT2D eigenvalue weighted by atomic mass is 79.9. The van der Waals surface area contributed by atoms with Crippen LogP contribution in [0, 0.1) is 18.3 Å². The number of nitrogens with zero attached hydrogens (tertiary/aromatic N) is 1. The summed E-state index contributed by atoms with van der Waals surface area (Å²) in [5.41, 5.74) is 0.592. The summed E-state index contributed by atoms with van der Waals surface area (Å²) < 4.78 is 0.393. The Balaban J connectivity index is 2.90. The molecule has 5 nitrogen and oxygen atoms in total. The minimum atomic E-state index is -1.13. The van der Waals surface area contributed by atoms with Crippen molar-refractivity contribution >= 4 is 21.9 Å². The molecule has 1 aromatic carbocycles. The van der Waals surface area contributed by atoms with E-state index in [-0.39, 0.29) is 11.1 Å². The summed E-state index contributed by atoms with van der Waals surface area (Å²) in [4.78, 5) is 25.7. The zero-order valence-corrected chi connectivity index (χ0v) is 12.0. The van der Waals surface area contributed by atoms with Crippen molar-refractivity contribution in [1.29, 1.82) is 5.26 Å². The van der Waals surface area contributed by atoms with Gasteiger partial charge in [-0.25, -0.2) is 4.79 Å². The molecule has 20 heavy (non-hydrogen) atoms. The van der Waals surface area contributed by atoms with Gasteiger partial charge in [0.25, 0.3) is 5.56 Å². The molecule has 0 saturated carbocycles. The number of hydrogen-bond acceptors (Lipinski definition) is 3. The lowest BCUT2D eigenvalue weighted by Gasteiger charge is -2.10. The van der Waals surface area contributed by atoms with Crippen LogP contribution in [0.3, 0.4) is 0 Å². The molecule has 0 unspecified atom stereocenters. The van der Waals surface area contributed by atoms with Crippen molar-refractivity contribution in [1.82, 2.24) is 4.98 Å². The number of rotatable bonds is 2. The normalized spacial score (nSPS) is 10.1. The van der Waals surface area contributed by atoms with E-state index < -0.39 is 11.5 Å². The SMILES string of the molecule is Cc1cc(-c2cccc(Br)c2C(=O)O)c(C#N)c(=O)[nH]1. The molecule has 100 valence electrons. The number of aromatic nitrogens is 1. The average molecular weight is 333 g/mol.